The first kappa shape index (κ1) is 20.3. The summed E-state index contributed by atoms with van der Waals surface area (Å²) in [7, 11) is 1.50. The van der Waals surface area contributed by atoms with Crippen LogP contribution < -0.4 is 11.1 Å². The Kier molecular flexibility index (Phi) is 5.74. The number of primary amides is 1. The van der Waals surface area contributed by atoms with Crippen molar-refractivity contribution in [3.63, 3.8) is 0 Å². The zero-order chi connectivity index (χ0) is 20.6. The number of benzene rings is 1. The van der Waals surface area contributed by atoms with E-state index in [0.29, 0.717) is 26.3 Å². The van der Waals surface area contributed by atoms with Crippen LogP contribution in [0.4, 0.5) is 0 Å². The monoisotopic (exact) mass is 481 g/mol. The number of halogens is 3. The number of hydrogen-bond acceptors (Lipinski definition) is 4. The van der Waals surface area contributed by atoms with Gasteiger partial charge in [-0.2, -0.15) is 5.10 Å². The number of amides is 2. The third-order valence-electron chi connectivity index (χ3n) is 4.04. The van der Waals surface area contributed by atoms with Crippen molar-refractivity contribution in [2.45, 2.75) is 6.92 Å². The molecule has 0 unspecified atom stereocenters. The summed E-state index contributed by atoms with van der Waals surface area (Å²) < 4.78 is 1.56. The maximum absolute atomic E-state index is 12.5. The van der Waals surface area contributed by atoms with Gasteiger partial charge in [0.25, 0.3) is 11.8 Å². The fraction of sp³-hybridized carbons (Fsp3) is 0.111. The molecule has 2 amide bonds. The summed E-state index contributed by atoms with van der Waals surface area (Å²) in [6, 6.07) is 6.48. The second-order valence-electron chi connectivity index (χ2n) is 5.82. The maximum atomic E-state index is 12.5. The summed E-state index contributed by atoms with van der Waals surface area (Å²) >= 11 is 15.7. The fourth-order valence-electron chi connectivity index (χ4n) is 2.92. The van der Waals surface area contributed by atoms with Gasteiger partial charge in [-0.15, -0.1) is 0 Å². The number of carbonyl (C=O) groups is 2. The molecule has 0 aliphatic rings. The molecule has 28 heavy (non-hydrogen) atoms. The number of carbonyl (C=O) groups excluding carboxylic acids is 2. The molecule has 3 N–H and O–H groups in total. The Balaban J connectivity index is 2.41. The van der Waals surface area contributed by atoms with E-state index in [2.05, 4.69) is 31.3 Å². The molecule has 0 spiro atoms. The molecule has 0 fully saturated rings. The van der Waals surface area contributed by atoms with E-state index in [1.54, 1.807) is 25.1 Å². The van der Waals surface area contributed by atoms with Crippen LogP contribution >= 0.6 is 39.1 Å². The van der Waals surface area contributed by atoms with Crippen molar-refractivity contribution < 1.29 is 9.59 Å². The Morgan fingerprint density at radius 3 is 2.57 bits per heavy atom. The number of aryl methyl sites for hydroxylation is 1. The molecule has 2 heterocycles. The van der Waals surface area contributed by atoms with Gasteiger partial charge in [0.2, 0.25) is 0 Å². The second-order valence-corrected chi connectivity index (χ2v) is 7.42. The van der Waals surface area contributed by atoms with E-state index in [-0.39, 0.29) is 28.0 Å². The summed E-state index contributed by atoms with van der Waals surface area (Å²) in [5.74, 6) is -0.892. The molecule has 0 aliphatic heterocycles. The van der Waals surface area contributed by atoms with Crippen molar-refractivity contribution in [2.24, 2.45) is 5.73 Å². The van der Waals surface area contributed by atoms with Gasteiger partial charge >= 0.3 is 0 Å². The molecule has 3 aromatic rings. The number of hydrogen-bond donors (Lipinski definition) is 2. The first-order valence-electron chi connectivity index (χ1n) is 7.98. The first-order chi connectivity index (χ1) is 13.3. The molecular formula is C18H14BrCl2N5O2. The van der Waals surface area contributed by atoms with E-state index in [4.69, 9.17) is 28.9 Å². The Bertz CT molecular complexity index is 1110. The van der Waals surface area contributed by atoms with Crippen molar-refractivity contribution in [1.29, 1.82) is 0 Å². The van der Waals surface area contributed by atoms with Gasteiger partial charge in [0.1, 0.15) is 10.3 Å². The van der Waals surface area contributed by atoms with Gasteiger partial charge in [-0.05, 0) is 52.7 Å². The average Bonchev–Trinajstić information content (AvgIpc) is 2.97. The van der Waals surface area contributed by atoms with E-state index in [1.165, 1.54) is 24.0 Å². The van der Waals surface area contributed by atoms with Gasteiger partial charge in [0, 0.05) is 35.0 Å². The van der Waals surface area contributed by atoms with E-state index in [1.807, 2.05) is 0 Å². The highest BCUT2D eigenvalue weighted by atomic mass is 79.9. The summed E-state index contributed by atoms with van der Waals surface area (Å²) in [5, 5.41) is 7.59. The molecule has 0 saturated heterocycles. The summed E-state index contributed by atoms with van der Waals surface area (Å²) in [6.45, 7) is 1.77. The number of nitrogens with two attached hydrogens (primary N) is 1. The van der Waals surface area contributed by atoms with Crippen LogP contribution in [0.1, 0.15) is 26.4 Å². The summed E-state index contributed by atoms with van der Waals surface area (Å²) in [4.78, 5) is 29.0. The summed E-state index contributed by atoms with van der Waals surface area (Å²) in [5.41, 5.74) is 7.48. The normalized spacial score (nSPS) is 10.8. The lowest BCUT2D eigenvalue weighted by atomic mass is 9.94. The van der Waals surface area contributed by atoms with Crippen LogP contribution in [-0.2, 0) is 0 Å². The van der Waals surface area contributed by atoms with Crippen molar-refractivity contribution in [3.8, 4) is 16.9 Å². The maximum Gasteiger partial charge on any atom is 0.268 e. The lowest BCUT2D eigenvalue weighted by molar-refractivity contribution is 0.0960. The zero-order valence-electron chi connectivity index (χ0n) is 14.8. The minimum absolute atomic E-state index is 0.0306. The van der Waals surface area contributed by atoms with E-state index >= 15 is 0 Å². The van der Waals surface area contributed by atoms with Crippen LogP contribution in [0.2, 0.25) is 10.0 Å². The van der Waals surface area contributed by atoms with Crippen molar-refractivity contribution >= 4 is 50.9 Å². The van der Waals surface area contributed by atoms with Gasteiger partial charge in [-0.1, -0.05) is 23.2 Å². The number of pyridine rings is 1. The van der Waals surface area contributed by atoms with Crippen LogP contribution in [-0.4, -0.2) is 33.6 Å². The highest BCUT2D eigenvalue weighted by molar-refractivity contribution is 9.10. The summed E-state index contributed by atoms with van der Waals surface area (Å²) in [6.07, 6.45) is 1.52. The van der Waals surface area contributed by atoms with E-state index in [9.17, 15) is 9.59 Å². The third kappa shape index (κ3) is 3.50. The minimum atomic E-state index is -0.757. The highest BCUT2D eigenvalue weighted by Gasteiger charge is 2.28. The topological polar surface area (TPSA) is 103 Å². The van der Waals surface area contributed by atoms with Crippen LogP contribution in [0.25, 0.3) is 16.9 Å². The van der Waals surface area contributed by atoms with Crippen molar-refractivity contribution in [3.05, 3.63) is 61.9 Å². The second kappa shape index (κ2) is 7.90. The number of rotatable bonds is 4. The zero-order valence-corrected chi connectivity index (χ0v) is 17.9. The highest BCUT2D eigenvalue weighted by Crippen LogP contribution is 2.38. The molecule has 0 aliphatic carbocycles. The molecule has 0 bridgehead atoms. The molecule has 10 heteroatoms. The third-order valence-corrected chi connectivity index (χ3v) is 5.11. The molecule has 144 valence electrons. The Morgan fingerprint density at radius 1 is 1.25 bits per heavy atom. The first-order valence-corrected chi connectivity index (χ1v) is 9.53. The lowest BCUT2D eigenvalue weighted by Gasteiger charge is -2.14. The van der Waals surface area contributed by atoms with Crippen molar-refractivity contribution in [1.82, 2.24) is 20.1 Å². The van der Waals surface area contributed by atoms with Crippen LogP contribution in [0, 0.1) is 6.92 Å². The molecular weight excluding hydrogens is 469 g/mol. The van der Waals surface area contributed by atoms with E-state index in [0.717, 1.165) is 0 Å². The number of nitrogens with zero attached hydrogens (tertiary/aromatic N) is 3. The Hall–Kier alpha value is -2.42. The quantitative estimate of drug-likeness (QED) is 0.590. The predicted octanol–water partition coefficient (Wildman–Crippen LogP) is 3.77. The molecule has 7 nitrogen and oxygen atoms in total. The Morgan fingerprint density at radius 2 is 1.96 bits per heavy atom. The van der Waals surface area contributed by atoms with Crippen LogP contribution in [0.3, 0.4) is 0 Å². The van der Waals surface area contributed by atoms with Crippen LogP contribution in [0.15, 0.2) is 35.1 Å². The molecule has 3 rings (SSSR count). The molecule has 0 radical (unpaired) electrons. The number of nitrogens with one attached hydrogen (secondary N) is 1. The van der Waals surface area contributed by atoms with Gasteiger partial charge in [0.15, 0.2) is 5.82 Å². The van der Waals surface area contributed by atoms with Gasteiger partial charge in [-0.25, -0.2) is 9.67 Å². The van der Waals surface area contributed by atoms with Crippen molar-refractivity contribution in [2.75, 3.05) is 7.05 Å². The SMILES string of the molecule is CNC(=O)c1cc(Cl)cc(C)c1-c1c(Br)nn(-c2ncccc2Cl)c1C(N)=O. The average molecular weight is 483 g/mol. The standard InChI is InChI=1S/C18H14BrCl2N5O2/c1-8-6-9(20)7-10(18(28)23-2)12(8)13-14(16(22)27)26(25-15(13)19)17-11(21)4-3-5-24-17/h3-7H,1-2H3,(H2,22,27)(H,23,28). The molecule has 1 aromatic carbocycles. The van der Waals surface area contributed by atoms with Gasteiger partial charge in [-0.3, -0.25) is 9.59 Å². The van der Waals surface area contributed by atoms with E-state index < -0.39 is 5.91 Å². The fourth-order valence-corrected chi connectivity index (χ4v) is 3.93. The molecule has 0 saturated carbocycles. The molecule has 0 atom stereocenters. The van der Waals surface area contributed by atoms with Crippen LogP contribution in [0.5, 0.6) is 0 Å². The largest absolute Gasteiger partial charge is 0.364 e. The van der Waals surface area contributed by atoms with Gasteiger partial charge < -0.3 is 11.1 Å². The lowest BCUT2D eigenvalue weighted by Crippen LogP contribution is -2.21. The predicted molar refractivity (Wildman–Crippen MR) is 111 cm³/mol. The minimum Gasteiger partial charge on any atom is -0.364 e. The Labute approximate surface area is 179 Å². The van der Waals surface area contributed by atoms with Gasteiger partial charge in [0.05, 0.1) is 5.02 Å². The number of aromatic nitrogens is 3. The smallest absolute Gasteiger partial charge is 0.268 e. The molecule has 2 aromatic heterocycles.